The molecule has 28 heavy (non-hydrogen) atoms. The van der Waals surface area contributed by atoms with Crippen LogP contribution in [0.1, 0.15) is 31.4 Å². The van der Waals surface area contributed by atoms with Crippen molar-refractivity contribution in [3.63, 3.8) is 0 Å². The van der Waals surface area contributed by atoms with Gasteiger partial charge in [-0.25, -0.2) is 28.1 Å². The Hall–Kier alpha value is -1.94. The number of thiazole rings is 1. The van der Waals surface area contributed by atoms with Crippen molar-refractivity contribution in [3.8, 4) is 10.8 Å². The van der Waals surface area contributed by atoms with Gasteiger partial charge in [-0.1, -0.05) is 0 Å². The van der Waals surface area contributed by atoms with Crippen LogP contribution in [-0.4, -0.2) is 53.2 Å². The van der Waals surface area contributed by atoms with E-state index in [1.54, 1.807) is 5.38 Å². The maximum atomic E-state index is 13.4. The third-order valence-corrected chi connectivity index (χ3v) is 5.88. The van der Waals surface area contributed by atoms with Crippen molar-refractivity contribution in [3.05, 3.63) is 17.1 Å². The molecule has 1 N–H and O–H groups in total. The van der Waals surface area contributed by atoms with E-state index < -0.39 is 12.6 Å². The van der Waals surface area contributed by atoms with Gasteiger partial charge in [0, 0.05) is 43.4 Å². The molecular weight excluding hydrogens is 391 g/mol. The molecule has 0 atom stereocenters. The van der Waals surface area contributed by atoms with Gasteiger partial charge in [-0.3, -0.25) is 0 Å². The van der Waals surface area contributed by atoms with E-state index >= 15 is 0 Å². The van der Waals surface area contributed by atoms with Crippen LogP contribution in [0.3, 0.4) is 0 Å². The monoisotopic (exact) mass is 413 g/mol. The average molecular weight is 413 g/mol. The van der Waals surface area contributed by atoms with E-state index in [4.69, 9.17) is 4.74 Å². The van der Waals surface area contributed by atoms with E-state index in [1.807, 2.05) is 6.07 Å². The normalized spacial score (nSPS) is 20.3. The molecule has 2 aromatic rings. The number of alkyl halides is 3. The zero-order chi connectivity index (χ0) is 19.6. The van der Waals surface area contributed by atoms with E-state index in [9.17, 15) is 13.2 Å². The molecule has 0 bridgehead atoms. The van der Waals surface area contributed by atoms with Gasteiger partial charge < -0.3 is 15.0 Å². The fourth-order valence-corrected chi connectivity index (χ4v) is 4.15. The highest BCUT2D eigenvalue weighted by atomic mass is 32.1. The van der Waals surface area contributed by atoms with E-state index in [0.29, 0.717) is 61.5 Å². The first kappa shape index (κ1) is 19.4. The van der Waals surface area contributed by atoms with E-state index in [-0.39, 0.29) is 18.9 Å². The summed E-state index contributed by atoms with van der Waals surface area (Å²) in [6.07, 6.45) is 0.543. The second kappa shape index (κ2) is 8.20. The first-order valence-electron chi connectivity index (χ1n) is 9.39. The van der Waals surface area contributed by atoms with Crippen LogP contribution in [0.2, 0.25) is 0 Å². The lowest BCUT2D eigenvalue weighted by Crippen LogP contribution is -2.37. The molecule has 0 aromatic carbocycles. The molecule has 2 fully saturated rings. The van der Waals surface area contributed by atoms with Crippen LogP contribution >= 0.6 is 11.3 Å². The third kappa shape index (κ3) is 4.54. The van der Waals surface area contributed by atoms with Gasteiger partial charge >= 0.3 is 0 Å². The molecule has 1 aliphatic heterocycles. The Bertz CT molecular complexity index is 802. The average Bonchev–Trinajstić information content (AvgIpc) is 3.19. The molecular formula is C18H22F3N5OS. The number of nitrogens with one attached hydrogen (secondary N) is 1. The molecule has 1 saturated heterocycles. The third-order valence-electron chi connectivity index (χ3n) is 5.00. The molecule has 10 heteroatoms. The van der Waals surface area contributed by atoms with Crippen molar-refractivity contribution >= 4 is 23.0 Å². The summed E-state index contributed by atoms with van der Waals surface area (Å²) in [5, 5.41) is 5.48. The zero-order valence-electron chi connectivity index (χ0n) is 15.3. The summed E-state index contributed by atoms with van der Waals surface area (Å²) >= 11 is 1.29. The van der Waals surface area contributed by atoms with Crippen LogP contribution in [0, 0.1) is 0 Å². The highest BCUT2D eigenvalue weighted by molar-refractivity contribution is 7.13. The van der Waals surface area contributed by atoms with Crippen molar-refractivity contribution in [2.45, 2.75) is 44.3 Å². The summed E-state index contributed by atoms with van der Waals surface area (Å²) in [6.45, 7) is 2.01. The lowest BCUT2D eigenvalue weighted by atomic mass is 9.92. The van der Waals surface area contributed by atoms with E-state index in [2.05, 4.69) is 25.2 Å². The highest BCUT2D eigenvalue weighted by Gasteiger charge is 2.35. The van der Waals surface area contributed by atoms with Crippen LogP contribution in [0.25, 0.3) is 10.8 Å². The van der Waals surface area contributed by atoms with Gasteiger partial charge in [-0.2, -0.15) is 0 Å². The number of hydrogen-bond donors (Lipinski definition) is 1. The number of anilines is 2. The Morgan fingerprint density at radius 3 is 2.61 bits per heavy atom. The summed E-state index contributed by atoms with van der Waals surface area (Å²) in [5.41, 5.74) is 0.351. The molecule has 1 aliphatic carbocycles. The quantitative estimate of drug-likeness (QED) is 0.802. The fraction of sp³-hybridized carbons (Fsp3) is 0.611. The highest BCUT2D eigenvalue weighted by Crippen LogP contribution is 2.34. The molecule has 0 unspecified atom stereocenters. The standard InChI is InChI=1S/C18H22F3N5OS/c19-10-13-11-28-17(23-13)16-24-14(22-12-1-3-18(20,21)4-2-12)9-15(25-16)26-5-7-27-8-6-26/h9,11-12H,1-8,10H2,(H,22,24,25). The van der Waals surface area contributed by atoms with Crippen molar-refractivity contribution in [2.24, 2.45) is 0 Å². The Balaban J connectivity index is 1.59. The SMILES string of the molecule is FCc1csc(-c2nc(NC3CCC(F)(F)CC3)cc(N3CCOCC3)n2)n1. The Kier molecular flexibility index (Phi) is 5.68. The molecule has 1 saturated carbocycles. The minimum Gasteiger partial charge on any atom is -0.378 e. The summed E-state index contributed by atoms with van der Waals surface area (Å²) < 4.78 is 45.2. The summed E-state index contributed by atoms with van der Waals surface area (Å²) in [6, 6.07) is 1.78. The van der Waals surface area contributed by atoms with Gasteiger partial charge in [-0.05, 0) is 12.8 Å². The largest absolute Gasteiger partial charge is 0.378 e. The predicted octanol–water partition coefficient (Wildman–Crippen LogP) is 3.90. The molecule has 0 radical (unpaired) electrons. The Labute approximate surface area is 165 Å². The Morgan fingerprint density at radius 1 is 1.18 bits per heavy atom. The van der Waals surface area contributed by atoms with Gasteiger partial charge in [0.1, 0.15) is 18.3 Å². The lowest BCUT2D eigenvalue weighted by Gasteiger charge is -2.30. The molecule has 6 nitrogen and oxygen atoms in total. The topological polar surface area (TPSA) is 63.2 Å². The van der Waals surface area contributed by atoms with Crippen molar-refractivity contribution in [1.82, 2.24) is 15.0 Å². The van der Waals surface area contributed by atoms with Crippen molar-refractivity contribution in [1.29, 1.82) is 0 Å². The summed E-state index contributed by atoms with van der Waals surface area (Å²) in [4.78, 5) is 15.5. The molecule has 2 aliphatic rings. The van der Waals surface area contributed by atoms with E-state index in [1.165, 1.54) is 11.3 Å². The minimum atomic E-state index is -2.57. The molecule has 3 heterocycles. The Morgan fingerprint density at radius 2 is 1.93 bits per heavy atom. The smallest absolute Gasteiger partial charge is 0.248 e. The summed E-state index contributed by atoms with van der Waals surface area (Å²) in [5.74, 6) is -0.845. The predicted molar refractivity (Wildman–Crippen MR) is 102 cm³/mol. The van der Waals surface area contributed by atoms with Crippen molar-refractivity contribution < 1.29 is 17.9 Å². The van der Waals surface area contributed by atoms with Gasteiger partial charge in [0.25, 0.3) is 0 Å². The zero-order valence-corrected chi connectivity index (χ0v) is 16.2. The number of aromatic nitrogens is 3. The molecule has 2 aromatic heterocycles. The van der Waals surface area contributed by atoms with Crippen LogP contribution < -0.4 is 10.2 Å². The molecule has 0 spiro atoms. The summed E-state index contributed by atoms with van der Waals surface area (Å²) in [7, 11) is 0. The van der Waals surface area contributed by atoms with Gasteiger partial charge in [-0.15, -0.1) is 11.3 Å². The lowest BCUT2D eigenvalue weighted by molar-refractivity contribution is -0.0361. The van der Waals surface area contributed by atoms with Crippen LogP contribution in [-0.2, 0) is 11.4 Å². The van der Waals surface area contributed by atoms with Crippen molar-refractivity contribution in [2.75, 3.05) is 36.5 Å². The number of hydrogen-bond acceptors (Lipinski definition) is 7. The number of rotatable bonds is 5. The van der Waals surface area contributed by atoms with Gasteiger partial charge in [0.2, 0.25) is 5.92 Å². The second-order valence-electron chi connectivity index (χ2n) is 7.09. The van der Waals surface area contributed by atoms with Crippen LogP contribution in [0.4, 0.5) is 24.8 Å². The number of nitrogens with zero attached hydrogens (tertiary/aromatic N) is 4. The second-order valence-corrected chi connectivity index (χ2v) is 7.94. The molecule has 0 amide bonds. The fourth-order valence-electron chi connectivity index (χ4n) is 3.42. The number of ether oxygens (including phenoxy) is 1. The minimum absolute atomic E-state index is 0.0578. The number of halogens is 3. The maximum Gasteiger partial charge on any atom is 0.248 e. The first-order valence-corrected chi connectivity index (χ1v) is 10.3. The van der Waals surface area contributed by atoms with Gasteiger partial charge in [0.05, 0.1) is 18.9 Å². The maximum absolute atomic E-state index is 13.4. The van der Waals surface area contributed by atoms with Gasteiger partial charge in [0.15, 0.2) is 10.8 Å². The molecule has 152 valence electrons. The van der Waals surface area contributed by atoms with E-state index in [0.717, 1.165) is 5.82 Å². The first-order chi connectivity index (χ1) is 13.5. The van der Waals surface area contributed by atoms with Crippen LogP contribution in [0.15, 0.2) is 11.4 Å². The van der Waals surface area contributed by atoms with Crippen LogP contribution in [0.5, 0.6) is 0 Å². The molecule has 4 rings (SSSR count). The number of morpholine rings is 1.